The Bertz CT molecular complexity index is 1270. The summed E-state index contributed by atoms with van der Waals surface area (Å²) >= 11 is 0. The largest absolute Gasteiger partial charge is 0.550 e. The lowest BCUT2D eigenvalue weighted by molar-refractivity contribution is -0.305. The lowest BCUT2D eigenvalue weighted by atomic mass is 9.85. The minimum Gasteiger partial charge on any atom is -0.550 e. The maximum absolute atomic E-state index is 13.0. The lowest BCUT2D eigenvalue weighted by Crippen LogP contribution is -2.57. The van der Waals surface area contributed by atoms with Crippen molar-refractivity contribution in [1.29, 1.82) is 0 Å². The third kappa shape index (κ3) is 4.36. The molecule has 10 heteroatoms. The summed E-state index contributed by atoms with van der Waals surface area (Å²) in [5.41, 5.74) is 0.875. The minimum atomic E-state index is -3.61. The third-order valence-electron chi connectivity index (χ3n) is 6.07. The van der Waals surface area contributed by atoms with Gasteiger partial charge in [0.05, 0.1) is 4.90 Å². The fraction of sp³-hybridized carbons (Fsp3) is 0.429. The first-order chi connectivity index (χ1) is 14.8. The van der Waals surface area contributed by atoms with Crippen molar-refractivity contribution in [3.05, 3.63) is 40.8 Å². The number of carbonyl (C=O) groups is 1. The van der Waals surface area contributed by atoms with Crippen LogP contribution in [0.3, 0.4) is 0 Å². The van der Waals surface area contributed by atoms with Crippen LogP contribution in [-0.4, -0.2) is 54.9 Å². The van der Waals surface area contributed by atoms with E-state index < -0.39 is 16.0 Å². The zero-order valence-electron chi connectivity index (χ0n) is 17.2. The normalized spacial score (nSPS) is 22.9. The number of aromatic amines is 2. The Hall–Kier alpha value is -2.69. The number of rotatable bonds is 4. The summed E-state index contributed by atoms with van der Waals surface area (Å²) in [6.07, 6.45) is 3.90. The van der Waals surface area contributed by atoms with E-state index >= 15 is 0 Å². The number of H-pyrrole nitrogens is 2. The molecule has 0 amide bonds. The maximum Gasteiger partial charge on any atom is 0.272 e. The number of carboxylic acids is 1. The Labute approximate surface area is 179 Å². The lowest BCUT2D eigenvalue weighted by Gasteiger charge is -2.44. The number of nitrogens with one attached hydrogen (secondary N) is 3. The van der Waals surface area contributed by atoms with E-state index in [2.05, 4.69) is 19.6 Å². The molecule has 3 aromatic rings. The summed E-state index contributed by atoms with van der Waals surface area (Å²) in [5, 5.41) is 10.7. The van der Waals surface area contributed by atoms with Crippen LogP contribution in [0.15, 0.2) is 40.2 Å². The fourth-order valence-electron chi connectivity index (χ4n) is 4.35. The van der Waals surface area contributed by atoms with Gasteiger partial charge in [0.25, 0.3) is 5.56 Å². The van der Waals surface area contributed by atoms with Gasteiger partial charge >= 0.3 is 0 Å². The number of benzene rings is 1. The predicted molar refractivity (Wildman–Crippen MR) is 115 cm³/mol. The van der Waals surface area contributed by atoms with E-state index in [-0.39, 0.29) is 22.9 Å². The van der Waals surface area contributed by atoms with Crippen molar-refractivity contribution in [2.45, 2.75) is 37.1 Å². The molecule has 3 aliphatic rings. The molecule has 3 aliphatic heterocycles. The number of hydrogen-bond donors (Lipinski definition) is 3. The van der Waals surface area contributed by atoms with Crippen LogP contribution in [0.4, 0.5) is 0 Å². The SMILES string of the molecule is CCC(=O)[O-].O=c1[nH]c2ccc(S(=O)(=O)NC3CN4CCC3CC4)cc2c2cc[nH]c12. The molecule has 0 radical (unpaired) electrons. The molecule has 1 atom stereocenters. The molecule has 0 spiro atoms. The van der Waals surface area contributed by atoms with Crippen LogP contribution in [0, 0.1) is 5.92 Å². The second kappa shape index (κ2) is 8.45. The average molecular weight is 446 g/mol. The van der Waals surface area contributed by atoms with E-state index in [1.165, 1.54) is 6.92 Å². The molecule has 6 rings (SSSR count). The first-order valence-electron chi connectivity index (χ1n) is 10.4. The van der Waals surface area contributed by atoms with Gasteiger partial charge in [0, 0.05) is 41.0 Å². The molecule has 3 saturated heterocycles. The summed E-state index contributed by atoms with van der Waals surface area (Å²) < 4.78 is 28.8. The number of pyridine rings is 1. The first-order valence-corrected chi connectivity index (χ1v) is 11.8. The number of aromatic nitrogens is 2. The van der Waals surface area contributed by atoms with Crippen LogP contribution < -0.4 is 15.4 Å². The third-order valence-corrected chi connectivity index (χ3v) is 7.55. The van der Waals surface area contributed by atoms with Crippen molar-refractivity contribution in [3.8, 4) is 0 Å². The second-order valence-corrected chi connectivity index (χ2v) is 9.73. The van der Waals surface area contributed by atoms with Crippen molar-refractivity contribution in [3.63, 3.8) is 0 Å². The second-order valence-electron chi connectivity index (χ2n) is 8.02. The molecule has 166 valence electrons. The van der Waals surface area contributed by atoms with E-state index in [0.717, 1.165) is 43.2 Å². The first kappa shape index (κ1) is 21.5. The molecule has 1 unspecified atom stereocenters. The Balaban J connectivity index is 0.000000418. The number of fused-ring (bicyclic) bond motifs is 6. The van der Waals surface area contributed by atoms with Crippen LogP contribution in [-0.2, 0) is 14.8 Å². The number of sulfonamides is 1. The number of carboxylic acid groups (broad SMARTS) is 1. The summed E-state index contributed by atoms with van der Waals surface area (Å²) in [6, 6.07) is 6.63. The molecular weight excluding hydrogens is 420 g/mol. The van der Waals surface area contributed by atoms with Crippen LogP contribution in [0.5, 0.6) is 0 Å². The molecule has 5 heterocycles. The van der Waals surface area contributed by atoms with Crippen molar-refractivity contribution in [2.75, 3.05) is 19.6 Å². The van der Waals surface area contributed by atoms with Gasteiger partial charge in [0.1, 0.15) is 5.52 Å². The quantitative estimate of drug-likeness (QED) is 0.535. The summed E-state index contributed by atoms with van der Waals surface area (Å²) in [5.74, 6) is -0.576. The zero-order chi connectivity index (χ0) is 22.2. The van der Waals surface area contributed by atoms with Crippen molar-refractivity contribution < 1.29 is 18.3 Å². The van der Waals surface area contributed by atoms with E-state index in [4.69, 9.17) is 0 Å². The molecule has 0 saturated carbocycles. The number of nitrogens with zero attached hydrogens (tertiary/aromatic N) is 1. The number of piperidine rings is 3. The smallest absolute Gasteiger partial charge is 0.272 e. The highest BCUT2D eigenvalue weighted by Gasteiger charge is 2.36. The highest BCUT2D eigenvalue weighted by atomic mass is 32.2. The Kier molecular flexibility index (Phi) is 5.87. The Morgan fingerprint density at radius 2 is 1.94 bits per heavy atom. The molecule has 3 fully saturated rings. The summed E-state index contributed by atoms with van der Waals surface area (Å²) in [4.78, 5) is 29.6. The van der Waals surface area contributed by atoms with Crippen LogP contribution >= 0.6 is 0 Å². The summed E-state index contributed by atoms with van der Waals surface area (Å²) in [6.45, 7) is 4.46. The van der Waals surface area contributed by atoms with Gasteiger partial charge in [-0.25, -0.2) is 13.1 Å². The molecule has 31 heavy (non-hydrogen) atoms. The molecule has 2 aromatic heterocycles. The molecule has 3 N–H and O–H groups in total. The maximum atomic E-state index is 13.0. The van der Waals surface area contributed by atoms with Crippen molar-refractivity contribution >= 4 is 37.8 Å². The molecule has 2 bridgehead atoms. The Morgan fingerprint density at radius 1 is 1.23 bits per heavy atom. The molecule has 1 aromatic carbocycles. The average Bonchev–Trinajstić information content (AvgIpc) is 3.25. The van der Waals surface area contributed by atoms with E-state index in [0.29, 0.717) is 17.0 Å². The van der Waals surface area contributed by atoms with Gasteiger partial charge in [-0.2, -0.15) is 0 Å². The van der Waals surface area contributed by atoms with Gasteiger partial charge < -0.3 is 24.8 Å². The van der Waals surface area contributed by atoms with Crippen molar-refractivity contribution in [2.24, 2.45) is 5.92 Å². The number of aliphatic carboxylic acids is 1. The van der Waals surface area contributed by atoms with E-state index in [1.54, 1.807) is 30.5 Å². The minimum absolute atomic E-state index is 0.0268. The van der Waals surface area contributed by atoms with Gasteiger partial charge in [0.2, 0.25) is 10.0 Å². The Morgan fingerprint density at radius 3 is 2.55 bits per heavy atom. The highest BCUT2D eigenvalue weighted by molar-refractivity contribution is 7.89. The van der Waals surface area contributed by atoms with Gasteiger partial charge in [-0.3, -0.25) is 4.79 Å². The zero-order valence-corrected chi connectivity index (χ0v) is 18.0. The fourth-order valence-corrected chi connectivity index (χ4v) is 5.68. The number of hydrogen-bond acceptors (Lipinski definition) is 6. The monoisotopic (exact) mass is 445 g/mol. The van der Waals surface area contributed by atoms with E-state index in [1.807, 2.05) is 0 Å². The molecular formula is C21H25N4O5S-. The van der Waals surface area contributed by atoms with Gasteiger partial charge in [-0.15, -0.1) is 0 Å². The van der Waals surface area contributed by atoms with Gasteiger partial charge in [-0.1, -0.05) is 6.92 Å². The standard InChI is InChI=1S/C18H20N4O3S.C3H6O2/c23-18-17-13(3-6-19-17)14-9-12(1-2-15(14)20-18)26(24,25)21-16-10-22-7-4-11(16)5-8-22;1-2-3(4)5/h1-3,6,9,11,16,19,21H,4-5,7-8,10H2,(H,20,23);2H2,1H3,(H,4,5)/p-1. The van der Waals surface area contributed by atoms with Crippen molar-refractivity contribution in [1.82, 2.24) is 19.6 Å². The molecule has 0 aliphatic carbocycles. The number of carbonyl (C=O) groups excluding carboxylic acids is 1. The van der Waals surface area contributed by atoms with Gasteiger partial charge in [-0.05, 0) is 62.5 Å². The topological polar surface area (TPSA) is 138 Å². The molecule has 9 nitrogen and oxygen atoms in total. The van der Waals surface area contributed by atoms with Crippen LogP contribution in [0.2, 0.25) is 0 Å². The predicted octanol–water partition coefficient (Wildman–Crippen LogP) is 0.528. The van der Waals surface area contributed by atoms with Gasteiger partial charge in [0.15, 0.2) is 0 Å². The van der Waals surface area contributed by atoms with E-state index in [9.17, 15) is 23.1 Å². The highest BCUT2D eigenvalue weighted by Crippen LogP contribution is 2.29. The summed E-state index contributed by atoms with van der Waals surface area (Å²) in [7, 11) is -3.61. The van der Waals surface area contributed by atoms with Crippen LogP contribution in [0.1, 0.15) is 26.2 Å². The van der Waals surface area contributed by atoms with Crippen LogP contribution in [0.25, 0.3) is 21.8 Å².